The zero-order chi connectivity index (χ0) is 45.0. The van der Waals surface area contributed by atoms with Crippen molar-refractivity contribution in [2.45, 2.75) is 59.2 Å². The summed E-state index contributed by atoms with van der Waals surface area (Å²) < 4.78 is 27.9. The molecule has 4 nitrogen and oxygen atoms in total. The maximum atomic E-state index is 12.4. The van der Waals surface area contributed by atoms with Crippen molar-refractivity contribution in [3.8, 4) is 78.6 Å². The van der Waals surface area contributed by atoms with Crippen LogP contribution in [-0.2, 0) is 31.9 Å². The molecule has 2 aromatic heterocycles. The van der Waals surface area contributed by atoms with Crippen molar-refractivity contribution in [2.75, 3.05) is 0 Å². The molecule has 9 aromatic rings. The smallest absolute Gasteiger partial charge is 0.148 e. The van der Waals surface area contributed by atoms with Crippen LogP contribution in [0.4, 0.5) is 0 Å². The minimum atomic E-state index is -2.40. The van der Waals surface area contributed by atoms with Gasteiger partial charge in [0.05, 0.1) is 16.6 Å². The van der Waals surface area contributed by atoms with E-state index >= 15 is 0 Å². The average molecular weight is 991 g/mol. The number of phenols is 1. The van der Waals surface area contributed by atoms with Crippen molar-refractivity contribution < 1.29 is 30.3 Å². The van der Waals surface area contributed by atoms with E-state index in [1.165, 1.54) is 0 Å². The zero-order valence-electron chi connectivity index (χ0n) is 38.8. The molecule has 0 bridgehead atoms. The Balaban J connectivity index is 0.00000576. The molecule has 310 valence electrons. The number of para-hydroxylation sites is 1. The third-order valence-electron chi connectivity index (χ3n) is 11.4. The number of phenolic OH excluding ortho intramolecular Hbond substituents is 1. The van der Waals surface area contributed by atoms with Gasteiger partial charge in [-0.1, -0.05) is 180 Å². The number of hydrogen-bond acceptors (Lipinski definition) is 3. The summed E-state index contributed by atoms with van der Waals surface area (Å²) in [5, 5.41) is 12.4. The van der Waals surface area contributed by atoms with Crippen LogP contribution < -0.4 is 0 Å². The van der Waals surface area contributed by atoms with Crippen LogP contribution in [0.5, 0.6) is 5.75 Å². The summed E-state index contributed by atoms with van der Waals surface area (Å²) >= 11 is 0. The summed E-state index contributed by atoms with van der Waals surface area (Å²) in [5.41, 5.74) is 13.1. The average Bonchev–Trinajstić information content (AvgIpc) is 3.68. The molecular weight excluding hydrogens is 938 g/mol. The third kappa shape index (κ3) is 8.33. The largest absolute Gasteiger partial charge is 0.507 e. The van der Waals surface area contributed by atoms with Crippen LogP contribution in [-0.4, -0.2) is 19.6 Å². The number of benzene rings is 7. The fourth-order valence-electron chi connectivity index (χ4n) is 8.14. The van der Waals surface area contributed by atoms with Gasteiger partial charge < -0.3 is 5.11 Å². The topological polar surface area (TPSA) is 50.9 Å². The molecule has 0 aliphatic rings. The minimum Gasteiger partial charge on any atom is -0.507 e. The van der Waals surface area contributed by atoms with Gasteiger partial charge in [-0.25, -0.2) is 4.98 Å². The molecule has 1 N–H and O–H groups in total. The molecular formula is C57H50N3OPt-. The van der Waals surface area contributed by atoms with Gasteiger partial charge in [0.25, 0.3) is 0 Å². The van der Waals surface area contributed by atoms with Crippen LogP contribution in [0.1, 0.15) is 62.3 Å². The van der Waals surface area contributed by atoms with E-state index in [1.807, 2.05) is 108 Å². The molecule has 0 atom stereocenters. The molecule has 0 unspecified atom stereocenters. The number of aryl methyl sites for hydroxylation is 1. The van der Waals surface area contributed by atoms with Gasteiger partial charge in [0.1, 0.15) is 11.6 Å². The predicted octanol–water partition coefficient (Wildman–Crippen LogP) is 14.8. The SMILES string of the molecule is [2H]C([2H])([2H])c1cc(-c2ccccc2)cc(-n2c(-c3cc(C(C)(C)C)cc(C(C)(C)C)c3O)nc3c(-c4[c-]c(-c5cc(-c6ccccc6)ccn5)cc(-c5ccccc5)c4)cccc32)c1.[Pt]. The Kier molecular flexibility index (Phi) is 10.5. The van der Waals surface area contributed by atoms with Crippen LogP contribution in [0.15, 0.2) is 170 Å². The summed E-state index contributed by atoms with van der Waals surface area (Å²) in [6.45, 7) is 10.4. The van der Waals surface area contributed by atoms with Gasteiger partial charge in [-0.3, -0.25) is 9.55 Å². The van der Waals surface area contributed by atoms with Crippen LogP contribution in [0.3, 0.4) is 0 Å². The zero-order valence-corrected chi connectivity index (χ0v) is 38.0. The van der Waals surface area contributed by atoms with Crippen LogP contribution in [0, 0.1) is 12.9 Å². The normalized spacial score (nSPS) is 12.6. The van der Waals surface area contributed by atoms with E-state index in [0.717, 1.165) is 72.4 Å². The second-order valence-corrected chi connectivity index (χ2v) is 17.9. The third-order valence-corrected chi connectivity index (χ3v) is 11.4. The fraction of sp³-hybridized carbons (Fsp3) is 0.158. The first-order valence-electron chi connectivity index (χ1n) is 22.3. The summed E-state index contributed by atoms with van der Waals surface area (Å²) in [7, 11) is 0. The van der Waals surface area contributed by atoms with Crippen molar-refractivity contribution in [3.05, 3.63) is 193 Å². The van der Waals surface area contributed by atoms with Crippen molar-refractivity contribution in [3.63, 3.8) is 0 Å². The number of fused-ring (bicyclic) bond motifs is 1. The standard InChI is InChI=1S/C57H50N3O.Pt/c1-37-28-42(39-20-13-9-14-21-39)33-47(29-37)60-52-25-17-24-48(53(52)59-55(60)49-35-46(56(2,3)4)36-50(54(49)61)57(5,6)7)44-30-43(40-22-15-10-16-23-40)31-45(32-44)51-34-41(26-27-58-51)38-18-11-8-12-19-38;/h8-31,33-36,61H,1-7H3;/q-1;/i1D3;. The predicted molar refractivity (Wildman–Crippen MR) is 254 cm³/mol. The van der Waals surface area contributed by atoms with Crippen molar-refractivity contribution in [1.29, 1.82) is 0 Å². The van der Waals surface area contributed by atoms with Gasteiger partial charge in [0, 0.05) is 48.3 Å². The molecule has 0 saturated heterocycles. The van der Waals surface area contributed by atoms with Crippen molar-refractivity contribution in [2.24, 2.45) is 0 Å². The van der Waals surface area contributed by atoms with Gasteiger partial charge in [-0.2, -0.15) is 0 Å². The molecule has 0 aliphatic carbocycles. The van der Waals surface area contributed by atoms with Gasteiger partial charge in [0.15, 0.2) is 0 Å². The minimum absolute atomic E-state index is 0. The molecule has 0 spiro atoms. The van der Waals surface area contributed by atoms with Gasteiger partial charge in [0.2, 0.25) is 0 Å². The Morgan fingerprint density at radius 3 is 1.79 bits per heavy atom. The Morgan fingerprint density at radius 2 is 1.18 bits per heavy atom. The Morgan fingerprint density at radius 1 is 0.565 bits per heavy atom. The van der Waals surface area contributed by atoms with Crippen LogP contribution in [0.25, 0.3) is 83.9 Å². The number of hydrogen-bond donors (Lipinski definition) is 1. The first kappa shape index (κ1) is 38.6. The van der Waals surface area contributed by atoms with Gasteiger partial charge in [-0.05, 0) is 87.0 Å². The number of nitrogens with zero attached hydrogens (tertiary/aromatic N) is 3. The Bertz CT molecular complexity index is 3170. The van der Waals surface area contributed by atoms with E-state index in [2.05, 4.69) is 102 Å². The Labute approximate surface area is 384 Å². The molecule has 7 aromatic carbocycles. The summed E-state index contributed by atoms with van der Waals surface area (Å²) in [5.74, 6) is 0.632. The van der Waals surface area contributed by atoms with Crippen LogP contribution >= 0.6 is 0 Å². The number of pyridine rings is 1. The monoisotopic (exact) mass is 990 g/mol. The van der Waals surface area contributed by atoms with Crippen molar-refractivity contribution in [1.82, 2.24) is 14.5 Å². The number of aromatic nitrogens is 3. The fourth-order valence-corrected chi connectivity index (χ4v) is 8.14. The van der Waals surface area contributed by atoms with Gasteiger partial charge >= 0.3 is 0 Å². The first-order valence-corrected chi connectivity index (χ1v) is 20.8. The first-order chi connectivity index (χ1) is 30.5. The summed E-state index contributed by atoms with van der Waals surface area (Å²) in [6, 6.07) is 58.3. The Hall–Kier alpha value is -6.35. The van der Waals surface area contributed by atoms with E-state index in [-0.39, 0.29) is 37.8 Å². The maximum Gasteiger partial charge on any atom is 0.148 e. The van der Waals surface area contributed by atoms with E-state index in [9.17, 15) is 5.11 Å². The summed E-state index contributed by atoms with van der Waals surface area (Å²) in [4.78, 5) is 10.4. The van der Waals surface area contributed by atoms with E-state index < -0.39 is 12.3 Å². The molecule has 0 radical (unpaired) electrons. The van der Waals surface area contributed by atoms with E-state index in [1.54, 1.807) is 12.1 Å². The molecule has 0 aliphatic heterocycles. The molecule has 0 amide bonds. The quantitative estimate of drug-likeness (QED) is 0.162. The maximum absolute atomic E-state index is 12.4. The summed E-state index contributed by atoms with van der Waals surface area (Å²) in [6.07, 6.45) is 1.84. The number of rotatable bonds is 7. The molecule has 5 heteroatoms. The molecule has 62 heavy (non-hydrogen) atoms. The molecule has 0 saturated carbocycles. The second kappa shape index (κ2) is 16.8. The molecule has 0 fully saturated rings. The van der Waals surface area contributed by atoms with E-state index in [0.29, 0.717) is 22.6 Å². The second-order valence-electron chi connectivity index (χ2n) is 17.9. The molecule has 2 heterocycles. The van der Waals surface area contributed by atoms with Gasteiger partial charge in [-0.15, -0.1) is 23.8 Å². The van der Waals surface area contributed by atoms with E-state index in [4.69, 9.17) is 14.1 Å². The van der Waals surface area contributed by atoms with Crippen molar-refractivity contribution >= 4 is 11.0 Å². The molecule has 9 rings (SSSR count). The van der Waals surface area contributed by atoms with Crippen LogP contribution in [0.2, 0.25) is 0 Å². The number of aromatic hydroxyl groups is 1. The number of imidazole rings is 1.